The fourth-order valence-electron chi connectivity index (χ4n) is 3.73. The molecule has 0 radical (unpaired) electrons. The normalized spacial score (nSPS) is 22.3. The number of hydrogen-bond acceptors (Lipinski definition) is 6. The SMILES string of the molecule is C[C@H](OC(=O)[C@H](C)N1C(=O)[C@@H]2CC=CC[C@H]2C1=O)C(=O)Nc1ccc(N(C)C)cc1. The molecule has 8 nitrogen and oxygen atoms in total. The lowest BCUT2D eigenvalue weighted by atomic mass is 9.85. The van der Waals surface area contributed by atoms with Crippen LogP contribution in [0.1, 0.15) is 26.7 Å². The molecule has 1 aromatic rings. The lowest BCUT2D eigenvalue weighted by Gasteiger charge is -2.23. The van der Waals surface area contributed by atoms with E-state index in [0.29, 0.717) is 18.5 Å². The Balaban J connectivity index is 1.58. The Kier molecular flexibility index (Phi) is 6.24. The molecule has 0 saturated carbocycles. The number of esters is 1. The first kappa shape index (κ1) is 21.5. The molecule has 0 spiro atoms. The number of hydrogen-bond donors (Lipinski definition) is 1. The van der Waals surface area contributed by atoms with Gasteiger partial charge in [-0.25, -0.2) is 4.79 Å². The van der Waals surface area contributed by atoms with Gasteiger partial charge in [0.1, 0.15) is 6.04 Å². The second-order valence-corrected chi connectivity index (χ2v) is 7.89. The summed E-state index contributed by atoms with van der Waals surface area (Å²) in [6, 6.07) is 6.13. The van der Waals surface area contributed by atoms with Crippen LogP contribution in [0.3, 0.4) is 0 Å². The van der Waals surface area contributed by atoms with Crippen molar-refractivity contribution in [2.75, 3.05) is 24.3 Å². The van der Waals surface area contributed by atoms with Gasteiger partial charge in [-0.05, 0) is 51.0 Å². The molecule has 8 heteroatoms. The topological polar surface area (TPSA) is 96.0 Å². The van der Waals surface area contributed by atoms with Gasteiger partial charge in [0.25, 0.3) is 5.91 Å². The average Bonchev–Trinajstić information content (AvgIpc) is 2.98. The zero-order valence-electron chi connectivity index (χ0n) is 17.6. The molecular formula is C22H27N3O5. The molecule has 1 fully saturated rings. The van der Waals surface area contributed by atoms with E-state index in [1.54, 1.807) is 12.1 Å². The molecule has 3 amide bonds. The first-order valence-electron chi connectivity index (χ1n) is 10.0. The summed E-state index contributed by atoms with van der Waals surface area (Å²) in [7, 11) is 3.83. The van der Waals surface area contributed by atoms with Crippen molar-refractivity contribution in [2.24, 2.45) is 11.8 Å². The van der Waals surface area contributed by atoms with Gasteiger partial charge in [-0.3, -0.25) is 19.3 Å². The molecule has 0 unspecified atom stereocenters. The second-order valence-electron chi connectivity index (χ2n) is 7.89. The fraction of sp³-hybridized carbons (Fsp3) is 0.455. The summed E-state index contributed by atoms with van der Waals surface area (Å²) in [4.78, 5) is 53.1. The number of imide groups is 1. The predicted molar refractivity (Wildman–Crippen MR) is 112 cm³/mol. The molecule has 1 aliphatic heterocycles. The molecule has 1 aliphatic carbocycles. The van der Waals surface area contributed by atoms with Crippen LogP contribution in [0, 0.1) is 11.8 Å². The number of amides is 3. The molecule has 1 saturated heterocycles. The third-order valence-corrected chi connectivity index (χ3v) is 5.58. The zero-order valence-corrected chi connectivity index (χ0v) is 17.6. The number of ether oxygens (including phenoxy) is 1. The molecule has 0 bridgehead atoms. The zero-order chi connectivity index (χ0) is 22.0. The Hall–Kier alpha value is -3.16. The van der Waals surface area contributed by atoms with Gasteiger partial charge in [0.15, 0.2) is 6.10 Å². The summed E-state index contributed by atoms with van der Waals surface area (Å²) >= 11 is 0. The summed E-state index contributed by atoms with van der Waals surface area (Å²) < 4.78 is 5.25. The van der Waals surface area contributed by atoms with E-state index in [1.807, 2.05) is 43.3 Å². The van der Waals surface area contributed by atoms with E-state index in [4.69, 9.17) is 4.74 Å². The Morgan fingerprint density at radius 2 is 1.57 bits per heavy atom. The van der Waals surface area contributed by atoms with Gasteiger partial charge in [-0.1, -0.05) is 12.2 Å². The molecular weight excluding hydrogens is 386 g/mol. The van der Waals surface area contributed by atoms with Gasteiger partial charge in [-0.15, -0.1) is 0 Å². The first-order chi connectivity index (χ1) is 14.2. The molecule has 1 heterocycles. The lowest BCUT2D eigenvalue weighted by molar-refractivity contribution is -0.163. The molecule has 0 aromatic heterocycles. The number of anilines is 2. The van der Waals surface area contributed by atoms with Crippen LogP contribution < -0.4 is 10.2 Å². The van der Waals surface area contributed by atoms with Crippen LogP contribution >= 0.6 is 0 Å². The van der Waals surface area contributed by atoms with Gasteiger partial charge < -0.3 is 15.0 Å². The molecule has 3 rings (SSSR count). The predicted octanol–water partition coefficient (Wildman–Crippen LogP) is 1.96. The standard InChI is InChI=1S/C22H27N3O5/c1-13(25-20(27)17-7-5-6-8-18(17)21(25)28)22(29)30-14(2)19(26)23-15-9-11-16(12-10-15)24(3)4/h5-6,9-14,17-18H,7-8H2,1-4H3,(H,23,26)/t13-,14-,17+,18+/m0/s1. The van der Waals surface area contributed by atoms with E-state index >= 15 is 0 Å². The van der Waals surface area contributed by atoms with Crippen molar-refractivity contribution in [1.82, 2.24) is 4.90 Å². The van der Waals surface area contributed by atoms with E-state index < -0.39 is 35.9 Å². The Labute approximate surface area is 175 Å². The van der Waals surface area contributed by atoms with Gasteiger partial charge in [-0.2, -0.15) is 0 Å². The fourth-order valence-corrected chi connectivity index (χ4v) is 3.73. The van der Waals surface area contributed by atoms with Gasteiger partial charge >= 0.3 is 5.97 Å². The van der Waals surface area contributed by atoms with Crippen LogP contribution in [-0.4, -0.2) is 54.8 Å². The highest BCUT2D eigenvalue weighted by atomic mass is 16.5. The molecule has 2 aliphatic rings. The van der Waals surface area contributed by atoms with Gasteiger partial charge in [0.05, 0.1) is 11.8 Å². The van der Waals surface area contributed by atoms with Crippen LogP contribution in [0.25, 0.3) is 0 Å². The lowest BCUT2D eigenvalue weighted by Crippen LogP contribution is -2.46. The van der Waals surface area contributed by atoms with E-state index in [-0.39, 0.29) is 11.8 Å². The first-order valence-corrected chi connectivity index (χ1v) is 10.0. The van der Waals surface area contributed by atoms with Crippen molar-refractivity contribution >= 4 is 35.1 Å². The molecule has 1 aromatic carbocycles. The largest absolute Gasteiger partial charge is 0.451 e. The average molecular weight is 413 g/mol. The minimum absolute atomic E-state index is 0.350. The quantitative estimate of drug-likeness (QED) is 0.435. The van der Waals surface area contributed by atoms with Crippen molar-refractivity contribution in [3.8, 4) is 0 Å². The maximum absolute atomic E-state index is 12.6. The summed E-state index contributed by atoms with van der Waals surface area (Å²) in [5.41, 5.74) is 1.56. The highest BCUT2D eigenvalue weighted by Gasteiger charge is 2.50. The van der Waals surface area contributed by atoms with Crippen LogP contribution in [0.2, 0.25) is 0 Å². The maximum atomic E-state index is 12.6. The minimum Gasteiger partial charge on any atom is -0.451 e. The molecule has 160 valence electrons. The van der Waals surface area contributed by atoms with Crippen molar-refractivity contribution < 1.29 is 23.9 Å². The number of carbonyl (C=O) groups is 4. The molecule has 1 N–H and O–H groups in total. The van der Waals surface area contributed by atoms with E-state index in [1.165, 1.54) is 13.8 Å². The van der Waals surface area contributed by atoms with Crippen LogP contribution in [0.4, 0.5) is 11.4 Å². The van der Waals surface area contributed by atoms with E-state index in [2.05, 4.69) is 5.32 Å². The summed E-state index contributed by atoms with van der Waals surface area (Å²) in [5.74, 6) is -2.81. The van der Waals surface area contributed by atoms with Crippen molar-refractivity contribution in [3.63, 3.8) is 0 Å². The monoisotopic (exact) mass is 413 g/mol. The summed E-state index contributed by atoms with van der Waals surface area (Å²) in [6.07, 6.45) is 3.69. The number of rotatable bonds is 6. The molecule has 4 atom stereocenters. The Morgan fingerprint density at radius 1 is 1.03 bits per heavy atom. The van der Waals surface area contributed by atoms with Crippen molar-refractivity contribution in [1.29, 1.82) is 0 Å². The highest BCUT2D eigenvalue weighted by Crippen LogP contribution is 2.36. The minimum atomic E-state index is -1.08. The smallest absolute Gasteiger partial charge is 0.329 e. The highest BCUT2D eigenvalue weighted by molar-refractivity contribution is 6.08. The number of nitrogens with zero attached hydrogens (tertiary/aromatic N) is 2. The van der Waals surface area contributed by atoms with Crippen LogP contribution in [0.5, 0.6) is 0 Å². The van der Waals surface area contributed by atoms with E-state index in [0.717, 1.165) is 10.6 Å². The second kappa shape index (κ2) is 8.69. The number of benzene rings is 1. The Bertz CT molecular complexity index is 851. The van der Waals surface area contributed by atoms with E-state index in [9.17, 15) is 19.2 Å². The van der Waals surface area contributed by atoms with Gasteiger partial charge in [0, 0.05) is 25.5 Å². The van der Waals surface area contributed by atoms with Gasteiger partial charge in [0.2, 0.25) is 11.8 Å². The number of nitrogens with one attached hydrogen (secondary N) is 1. The van der Waals surface area contributed by atoms with Crippen molar-refractivity contribution in [2.45, 2.75) is 38.8 Å². The number of allylic oxidation sites excluding steroid dienone is 2. The molecule has 30 heavy (non-hydrogen) atoms. The third kappa shape index (κ3) is 4.22. The summed E-state index contributed by atoms with van der Waals surface area (Å²) in [6.45, 7) is 2.90. The van der Waals surface area contributed by atoms with Crippen LogP contribution in [-0.2, 0) is 23.9 Å². The number of fused-ring (bicyclic) bond motifs is 1. The van der Waals surface area contributed by atoms with Crippen molar-refractivity contribution in [3.05, 3.63) is 36.4 Å². The third-order valence-electron chi connectivity index (χ3n) is 5.58. The maximum Gasteiger partial charge on any atom is 0.329 e. The Morgan fingerprint density at radius 3 is 2.07 bits per heavy atom. The number of carbonyl (C=O) groups excluding carboxylic acids is 4. The van der Waals surface area contributed by atoms with Crippen LogP contribution in [0.15, 0.2) is 36.4 Å². The summed E-state index contributed by atoms with van der Waals surface area (Å²) in [5, 5.41) is 2.69. The number of likely N-dealkylation sites (tertiary alicyclic amines) is 1.